The van der Waals surface area contributed by atoms with E-state index in [0.717, 1.165) is 25.1 Å². The Morgan fingerprint density at radius 2 is 2.29 bits per heavy atom. The van der Waals surface area contributed by atoms with Gasteiger partial charge in [0, 0.05) is 0 Å². The van der Waals surface area contributed by atoms with Gasteiger partial charge in [0.05, 0.1) is 7.11 Å². The number of benzene rings is 1. The van der Waals surface area contributed by atoms with Gasteiger partial charge in [-0.3, -0.25) is 0 Å². The first-order valence-electron chi connectivity index (χ1n) is 6.16. The Labute approximate surface area is 102 Å². The number of hydrogen-bond acceptors (Lipinski definition) is 2. The van der Waals surface area contributed by atoms with Crippen LogP contribution in [0.4, 0.5) is 4.39 Å². The first-order valence-corrected chi connectivity index (χ1v) is 6.16. The Morgan fingerprint density at radius 1 is 1.53 bits per heavy atom. The summed E-state index contributed by atoms with van der Waals surface area (Å²) in [5.41, 5.74) is 1.22. The molecule has 1 aromatic carbocycles. The van der Waals surface area contributed by atoms with E-state index in [9.17, 15) is 4.39 Å². The third-order valence-electron chi connectivity index (χ3n) is 3.86. The summed E-state index contributed by atoms with van der Waals surface area (Å²) in [6, 6.07) is 5.32. The maximum atomic E-state index is 13.6. The minimum atomic E-state index is -0.264. The van der Waals surface area contributed by atoms with Crippen LogP contribution in [0.5, 0.6) is 5.75 Å². The highest BCUT2D eigenvalue weighted by molar-refractivity contribution is 5.38. The lowest BCUT2D eigenvalue weighted by Crippen LogP contribution is -2.19. The number of rotatable bonds is 5. The molecular weight excluding hydrogens is 217 g/mol. The average molecular weight is 237 g/mol. The predicted molar refractivity (Wildman–Crippen MR) is 67.0 cm³/mol. The molecule has 1 saturated carbocycles. The van der Waals surface area contributed by atoms with Gasteiger partial charge in [0.25, 0.3) is 0 Å². The van der Waals surface area contributed by atoms with Crippen LogP contribution in [0.2, 0.25) is 0 Å². The van der Waals surface area contributed by atoms with E-state index in [0.29, 0.717) is 11.7 Å². The molecule has 2 rings (SSSR count). The molecule has 2 unspecified atom stereocenters. The monoisotopic (exact) mass is 237 g/mol. The van der Waals surface area contributed by atoms with E-state index in [1.165, 1.54) is 7.11 Å². The fourth-order valence-corrected chi connectivity index (χ4v) is 2.44. The van der Waals surface area contributed by atoms with Crippen molar-refractivity contribution in [3.05, 3.63) is 29.6 Å². The number of nitrogens with one attached hydrogen (secondary N) is 1. The van der Waals surface area contributed by atoms with Crippen LogP contribution in [0.3, 0.4) is 0 Å². The number of halogens is 1. The van der Waals surface area contributed by atoms with Crippen LogP contribution in [-0.2, 0) is 5.41 Å². The molecule has 3 heteroatoms. The summed E-state index contributed by atoms with van der Waals surface area (Å²) in [6.07, 6.45) is 1.13. The van der Waals surface area contributed by atoms with E-state index in [1.807, 2.05) is 6.07 Å². The number of ether oxygens (including phenoxy) is 1. The van der Waals surface area contributed by atoms with E-state index < -0.39 is 0 Å². The molecule has 1 N–H and O–H groups in total. The normalized spacial score (nSPS) is 26.9. The second-order valence-corrected chi connectivity index (χ2v) is 4.98. The van der Waals surface area contributed by atoms with Crippen molar-refractivity contribution in [3.63, 3.8) is 0 Å². The zero-order valence-corrected chi connectivity index (χ0v) is 10.7. The summed E-state index contributed by atoms with van der Waals surface area (Å²) < 4.78 is 18.6. The minimum Gasteiger partial charge on any atom is -0.494 e. The van der Waals surface area contributed by atoms with Crippen molar-refractivity contribution >= 4 is 0 Å². The van der Waals surface area contributed by atoms with Gasteiger partial charge < -0.3 is 10.1 Å². The molecular formula is C14H20FNO. The lowest BCUT2D eigenvalue weighted by molar-refractivity contribution is 0.385. The van der Waals surface area contributed by atoms with Crippen molar-refractivity contribution in [1.82, 2.24) is 5.32 Å². The molecule has 0 aromatic heterocycles. The lowest BCUT2D eigenvalue weighted by Gasteiger charge is -2.13. The Hall–Kier alpha value is -1.09. The molecule has 1 aromatic rings. The van der Waals surface area contributed by atoms with Gasteiger partial charge in [0.2, 0.25) is 0 Å². The van der Waals surface area contributed by atoms with Gasteiger partial charge >= 0.3 is 0 Å². The molecule has 2 nitrogen and oxygen atoms in total. The quantitative estimate of drug-likeness (QED) is 0.850. The van der Waals surface area contributed by atoms with E-state index in [1.54, 1.807) is 12.1 Å². The molecule has 0 radical (unpaired) electrons. The van der Waals surface area contributed by atoms with Crippen LogP contribution in [0.1, 0.15) is 25.8 Å². The highest BCUT2D eigenvalue weighted by Gasteiger charge is 2.50. The van der Waals surface area contributed by atoms with Crippen molar-refractivity contribution in [2.24, 2.45) is 5.92 Å². The molecule has 1 fully saturated rings. The predicted octanol–water partition coefficient (Wildman–Crippen LogP) is 2.72. The van der Waals surface area contributed by atoms with Crippen molar-refractivity contribution in [2.45, 2.75) is 25.7 Å². The Balaban J connectivity index is 2.11. The van der Waals surface area contributed by atoms with Crippen molar-refractivity contribution in [3.8, 4) is 5.75 Å². The van der Waals surface area contributed by atoms with Gasteiger partial charge in [-0.05, 0) is 48.5 Å². The summed E-state index contributed by atoms with van der Waals surface area (Å²) in [5.74, 6) is 0.678. The second-order valence-electron chi connectivity index (χ2n) is 4.98. The van der Waals surface area contributed by atoms with Gasteiger partial charge in [0.1, 0.15) is 0 Å². The van der Waals surface area contributed by atoms with E-state index in [2.05, 4.69) is 19.2 Å². The maximum Gasteiger partial charge on any atom is 0.165 e. The SMILES string of the molecule is CCNCC1CC1(C)c1ccc(OC)c(F)c1. The first kappa shape index (κ1) is 12.4. The molecule has 0 amide bonds. The highest BCUT2D eigenvalue weighted by Crippen LogP contribution is 2.53. The van der Waals surface area contributed by atoms with Gasteiger partial charge in [-0.25, -0.2) is 4.39 Å². The van der Waals surface area contributed by atoms with Gasteiger partial charge in [-0.1, -0.05) is 19.9 Å². The summed E-state index contributed by atoms with van der Waals surface area (Å²) in [7, 11) is 1.49. The zero-order chi connectivity index (χ0) is 12.5. The van der Waals surface area contributed by atoms with Crippen molar-refractivity contribution < 1.29 is 9.13 Å². The Morgan fingerprint density at radius 3 is 2.88 bits per heavy atom. The summed E-state index contributed by atoms with van der Waals surface area (Å²) in [6.45, 7) is 6.31. The van der Waals surface area contributed by atoms with E-state index in [-0.39, 0.29) is 11.2 Å². The Kier molecular flexibility index (Phi) is 3.38. The third kappa shape index (κ3) is 2.29. The zero-order valence-electron chi connectivity index (χ0n) is 10.7. The largest absolute Gasteiger partial charge is 0.494 e. The lowest BCUT2D eigenvalue weighted by atomic mass is 9.95. The fraction of sp³-hybridized carbons (Fsp3) is 0.571. The molecule has 0 aliphatic heterocycles. The third-order valence-corrected chi connectivity index (χ3v) is 3.86. The van der Waals surface area contributed by atoms with Crippen LogP contribution in [0.25, 0.3) is 0 Å². The van der Waals surface area contributed by atoms with Gasteiger partial charge in [-0.15, -0.1) is 0 Å². The van der Waals surface area contributed by atoms with Gasteiger partial charge in [-0.2, -0.15) is 0 Å². The van der Waals surface area contributed by atoms with Gasteiger partial charge in [0.15, 0.2) is 11.6 Å². The number of methoxy groups -OCH3 is 1. The number of hydrogen-bond donors (Lipinski definition) is 1. The van der Waals surface area contributed by atoms with Crippen LogP contribution in [-0.4, -0.2) is 20.2 Å². The average Bonchev–Trinajstić information content (AvgIpc) is 2.99. The van der Waals surface area contributed by atoms with Crippen LogP contribution >= 0.6 is 0 Å². The topological polar surface area (TPSA) is 21.3 Å². The second kappa shape index (κ2) is 4.65. The minimum absolute atomic E-state index is 0.134. The molecule has 0 bridgehead atoms. The maximum absolute atomic E-state index is 13.6. The molecule has 94 valence electrons. The van der Waals surface area contributed by atoms with E-state index in [4.69, 9.17) is 4.74 Å². The molecule has 17 heavy (non-hydrogen) atoms. The molecule has 0 saturated heterocycles. The fourth-order valence-electron chi connectivity index (χ4n) is 2.44. The highest BCUT2D eigenvalue weighted by atomic mass is 19.1. The standard InChI is InChI=1S/C14H20FNO/c1-4-16-9-11-8-14(11,2)10-5-6-13(17-3)12(15)7-10/h5-7,11,16H,4,8-9H2,1-3H3. The summed E-state index contributed by atoms with van der Waals surface area (Å²) >= 11 is 0. The Bertz CT molecular complexity index is 407. The van der Waals surface area contributed by atoms with Crippen molar-refractivity contribution in [1.29, 1.82) is 0 Å². The van der Waals surface area contributed by atoms with Crippen molar-refractivity contribution in [2.75, 3.05) is 20.2 Å². The summed E-state index contributed by atoms with van der Waals surface area (Å²) in [5, 5.41) is 3.35. The molecule has 2 atom stereocenters. The van der Waals surface area contributed by atoms with Crippen LogP contribution in [0.15, 0.2) is 18.2 Å². The molecule has 1 aliphatic carbocycles. The molecule has 0 spiro atoms. The van der Waals surface area contributed by atoms with E-state index >= 15 is 0 Å². The molecule has 0 heterocycles. The first-order chi connectivity index (χ1) is 8.11. The summed E-state index contributed by atoms with van der Waals surface area (Å²) in [4.78, 5) is 0. The van der Waals surface area contributed by atoms with Crippen LogP contribution < -0.4 is 10.1 Å². The smallest absolute Gasteiger partial charge is 0.165 e. The molecule has 1 aliphatic rings. The van der Waals surface area contributed by atoms with Crippen LogP contribution in [0, 0.1) is 11.7 Å².